The number of thioether (sulfide) groups is 1. The molecular weight excluding hydrogens is 598 g/mol. The van der Waals surface area contributed by atoms with Gasteiger partial charge in [-0.25, -0.2) is 0 Å². The van der Waals surface area contributed by atoms with Crippen LogP contribution < -0.4 is 36.6 Å². The summed E-state index contributed by atoms with van der Waals surface area (Å²) in [6, 6.07) is -0.475. The smallest absolute Gasteiger partial charge is 0.252 e. The van der Waals surface area contributed by atoms with Crippen LogP contribution in [0.4, 0.5) is 0 Å². The Morgan fingerprint density at radius 2 is 1.47 bits per heavy atom. The molecule has 5 atom stereocenters. The molecule has 0 aliphatic rings. The van der Waals surface area contributed by atoms with Crippen molar-refractivity contribution in [2.45, 2.75) is 97.9 Å². The zero-order valence-corrected chi connectivity index (χ0v) is 28.8. The Hall–Kier alpha value is -3.39. The van der Waals surface area contributed by atoms with Crippen LogP contribution in [-0.2, 0) is 19.2 Å². The summed E-state index contributed by atoms with van der Waals surface area (Å²) in [5.74, 6) is -1.42. The van der Waals surface area contributed by atoms with Gasteiger partial charge in [-0.2, -0.15) is 11.8 Å². The van der Waals surface area contributed by atoms with E-state index >= 15 is 0 Å². The number of carbonyl (C=O) groups excluding carboxylic acids is 5. The zero-order chi connectivity index (χ0) is 34.1. The van der Waals surface area contributed by atoms with Gasteiger partial charge in [0.25, 0.3) is 5.91 Å². The van der Waals surface area contributed by atoms with E-state index in [0.29, 0.717) is 38.1 Å². The van der Waals surface area contributed by atoms with Gasteiger partial charge in [0, 0.05) is 41.7 Å². The fourth-order valence-electron chi connectivity index (χ4n) is 4.56. The lowest BCUT2D eigenvalue weighted by Gasteiger charge is -2.28. The highest BCUT2D eigenvalue weighted by Gasteiger charge is 2.29. The molecule has 3 unspecified atom stereocenters. The third-order valence-corrected chi connectivity index (χ3v) is 7.67. The van der Waals surface area contributed by atoms with Crippen LogP contribution in [0.25, 0.3) is 0 Å². The van der Waals surface area contributed by atoms with Crippen molar-refractivity contribution in [1.29, 1.82) is 0 Å². The van der Waals surface area contributed by atoms with Gasteiger partial charge in [-0.1, -0.05) is 41.0 Å². The fraction of sp³-hybridized carbons (Fsp3) is 0.677. The van der Waals surface area contributed by atoms with E-state index in [1.54, 1.807) is 6.92 Å². The first-order valence-electron chi connectivity index (χ1n) is 15.7. The van der Waals surface area contributed by atoms with Crippen LogP contribution in [0.15, 0.2) is 24.5 Å². The predicted octanol–water partition coefficient (Wildman–Crippen LogP) is 0.744. The number of amides is 5. The predicted molar refractivity (Wildman–Crippen MR) is 175 cm³/mol. The molecule has 0 saturated carbocycles. The summed E-state index contributed by atoms with van der Waals surface area (Å²) < 4.78 is 0.810. The van der Waals surface area contributed by atoms with Gasteiger partial charge >= 0.3 is 0 Å². The highest BCUT2D eigenvalue weighted by Crippen LogP contribution is 2.08. The number of hydrogen-bond donors (Lipinski definition) is 7. The molecule has 1 aromatic heterocycles. The van der Waals surface area contributed by atoms with Gasteiger partial charge in [0.2, 0.25) is 36.0 Å². The summed E-state index contributed by atoms with van der Waals surface area (Å²) >= 11 is 1.38. The lowest BCUT2D eigenvalue weighted by Crippen LogP contribution is -2.57. The molecule has 0 radical (unpaired) electrons. The molecule has 45 heavy (non-hydrogen) atoms. The Bertz CT molecular complexity index is 1100. The van der Waals surface area contributed by atoms with Gasteiger partial charge in [0.05, 0.1) is 11.6 Å². The highest BCUT2D eigenvalue weighted by molar-refractivity contribution is 7.98. The Morgan fingerprint density at radius 1 is 0.844 bits per heavy atom. The molecule has 0 saturated heterocycles. The minimum absolute atomic E-state index is 0.0952. The molecule has 0 bridgehead atoms. The van der Waals surface area contributed by atoms with E-state index in [9.17, 15) is 29.2 Å². The van der Waals surface area contributed by atoms with E-state index in [1.165, 1.54) is 36.3 Å². The summed E-state index contributed by atoms with van der Waals surface area (Å²) in [6.45, 7) is 14.0. The lowest BCUT2D eigenvalue weighted by atomic mass is 10.0. The second kappa shape index (κ2) is 20.6. The fourth-order valence-corrected chi connectivity index (χ4v) is 5.13. The molecule has 1 heterocycles. The molecule has 0 aliphatic heterocycles. The minimum Gasteiger partial charge on any atom is -0.355 e. The third-order valence-electron chi connectivity index (χ3n) is 7.01. The van der Waals surface area contributed by atoms with Crippen LogP contribution in [0.5, 0.6) is 0 Å². The highest BCUT2D eigenvalue weighted by atomic mass is 32.2. The normalized spacial score (nSPS) is 14.5. The summed E-state index contributed by atoms with van der Waals surface area (Å²) in [7, 11) is 0. The van der Waals surface area contributed by atoms with Crippen LogP contribution in [0.3, 0.4) is 0 Å². The van der Waals surface area contributed by atoms with E-state index in [2.05, 4.69) is 31.9 Å². The van der Waals surface area contributed by atoms with Crippen LogP contribution in [-0.4, -0.2) is 90.1 Å². The maximum atomic E-state index is 13.5. The topological polar surface area (TPSA) is 182 Å². The van der Waals surface area contributed by atoms with E-state index in [4.69, 9.17) is 0 Å². The summed E-state index contributed by atoms with van der Waals surface area (Å²) in [6.07, 6.45) is 6.09. The van der Waals surface area contributed by atoms with Crippen LogP contribution in [0.1, 0.15) is 78.1 Å². The van der Waals surface area contributed by atoms with Crippen molar-refractivity contribution in [3.63, 3.8) is 0 Å². The Labute approximate surface area is 271 Å². The van der Waals surface area contributed by atoms with Gasteiger partial charge in [-0.05, 0) is 44.8 Å². The summed E-state index contributed by atoms with van der Waals surface area (Å²) in [5, 5.41) is 26.7. The van der Waals surface area contributed by atoms with Crippen molar-refractivity contribution in [3.05, 3.63) is 30.1 Å². The first-order chi connectivity index (χ1) is 21.2. The maximum absolute atomic E-state index is 13.5. The van der Waals surface area contributed by atoms with Crippen molar-refractivity contribution < 1.29 is 33.9 Å². The average molecular weight is 653 g/mol. The quantitative estimate of drug-likeness (QED) is 0.0796. The molecular formula is C31H54N7O6S+. The molecule has 14 heteroatoms. The average Bonchev–Trinajstić information content (AvgIpc) is 2.97. The van der Waals surface area contributed by atoms with Gasteiger partial charge < -0.3 is 31.9 Å². The molecule has 0 fully saturated rings. The summed E-state index contributed by atoms with van der Waals surface area (Å²) in [5.41, 5.74) is 0.276. The van der Waals surface area contributed by atoms with E-state index < -0.39 is 36.0 Å². The molecule has 0 spiro atoms. The first-order valence-corrected chi connectivity index (χ1v) is 17.1. The molecule has 0 aromatic carbocycles. The second-order valence-corrected chi connectivity index (χ2v) is 12.8. The Balaban J connectivity index is 2.91. The molecule has 7 N–H and O–H groups in total. The van der Waals surface area contributed by atoms with Crippen LogP contribution >= 0.6 is 11.8 Å². The van der Waals surface area contributed by atoms with E-state index in [1.807, 2.05) is 47.8 Å². The number of aromatic nitrogens is 1. The van der Waals surface area contributed by atoms with Crippen molar-refractivity contribution in [1.82, 2.24) is 31.9 Å². The van der Waals surface area contributed by atoms with Crippen LogP contribution in [0.2, 0.25) is 0 Å². The van der Waals surface area contributed by atoms with Crippen molar-refractivity contribution in [2.24, 2.45) is 11.8 Å². The molecule has 254 valence electrons. The number of likely N-dealkylation sites (N-methyl/N-ethyl adjacent to an activating group) is 1. The Morgan fingerprint density at radius 3 is 2.00 bits per heavy atom. The van der Waals surface area contributed by atoms with Crippen LogP contribution in [0, 0.1) is 11.8 Å². The third kappa shape index (κ3) is 14.5. The van der Waals surface area contributed by atoms with E-state index in [0.717, 1.165) is 4.73 Å². The number of rotatable bonds is 20. The molecule has 13 nitrogen and oxygen atoms in total. The van der Waals surface area contributed by atoms with Gasteiger partial charge in [-0.3, -0.25) is 29.2 Å². The van der Waals surface area contributed by atoms with E-state index in [-0.39, 0.29) is 41.2 Å². The molecule has 1 aromatic rings. The molecule has 5 amide bonds. The summed E-state index contributed by atoms with van der Waals surface area (Å²) in [4.78, 5) is 64.8. The van der Waals surface area contributed by atoms with Gasteiger partial charge in [0.15, 0.2) is 0 Å². The minimum atomic E-state index is -0.886. The number of pyridine rings is 1. The SMILES string of the molecule is CCC[C@H](NC(=O)C(CSC)NC(=O)c1cc[n+](O)cc1)C(=O)NC(CN[C@@H](C)C(=O)NC(C(=O)NCC)C(C)C)CC(C)C. The largest absolute Gasteiger partial charge is 0.355 e. The Kier molecular flexibility index (Phi) is 18.1. The molecule has 0 aliphatic carbocycles. The number of hydrogen-bond acceptors (Lipinski definition) is 8. The maximum Gasteiger partial charge on any atom is 0.252 e. The second-order valence-electron chi connectivity index (χ2n) is 11.9. The molecule has 1 rings (SSSR count). The van der Waals surface area contributed by atoms with Crippen molar-refractivity contribution in [2.75, 3.05) is 25.1 Å². The number of carbonyl (C=O) groups is 5. The number of nitrogens with zero attached hydrogens (tertiary/aromatic N) is 1. The van der Waals surface area contributed by atoms with Gasteiger partial charge in [0.1, 0.15) is 18.1 Å². The monoisotopic (exact) mass is 652 g/mol. The van der Waals surface area contributed by atoms with Crippen molar-refractivity contribution >= 4 is 41.3 Å². The zero-order valence-electron chi connectivity index (χ0n) is 27.9. The van der Waals surface area contributed by atoms with Crippen molar-refractivity contribution in [3.8, 4) is 0 Å². The first kappa shape index (κ1) is 39.6. The lowest BCUT2D eigenvalue weighted by molar-refractivity contribution is -0.904. The number of nitrogens with one attached hydrogen (secondary N) is 6. The van der Waals surface area contributed by atoms with Gasteiger partial charge in [-0.15, -0.1) is 0 Å². The standard InChI is InChI=1S/C31H53N7O6S/c1-9-11-24(35-30(42)25(18-45-8)36-28(40)22-12-14-38(44)15-13-22)29(41)34-23(16-19(3)4)17-33-21(7)27(39)37-26(20(5)6)31(43)32-10-2/h12-15,19-21,23-26,33H,9-11,16-18H2,1-8H3,(H5-,32,34,35,36,37,39,40,41,42,43,44)/p+1/t21-,23?,24-,25?,26?/m0/s1.